The summed E-state index contributed by atoms with van der Waals surface area (Å²) in [6.45, 7) is 9.93. The first kappa shape index (κ1) is 20.5. The number of amides is 1. The molecule has 6 heteroatoms. The lowest BCUT2D eigenvalue weighted by atomic mass is 9.98. The summed E-state index contributed by atoms with van der Waals surface area (Å²) in [6.07, 6.45) is 3.56. The summed E-state index contributed by atoms with van der Waals surface area (Å²) in [5.74, 6) is 0.774. The summed E-state index contributed by atoms with van der Waals surface area (Å²) in [5, 5.41) is 9.02. The molecule has 6 nitrogen and oxygen atoms in total. The molecule has 1 aliphatic rings. The summed E-state index contributed by atoms with van der Waals surface area (Å²) < 4.78 is 1.44. The topological polar surface area (TPSA) is 67.2 Å². The third-order valence-corrected chi connectivity index (χ3v) is 5.78. The predicted molar refractivity (Wildman–Crippen MR) is 112 cm³/mol. The minimum Gasteiger partial charge on any atom is -0.352 e. The molecule has 152 valence electrons. The Kier molecular flexibility index (Phi) is 6.83. The highest BCUT2D eigenvalue weighted by Gasteiger charge is 2.20. The van der Waals surface area contributed by atoms with Crippen LogP contribution in [0.3, 0.4) is 0 Å². The van der Waals surface area contributed by atoms with Crippen molar-refractivity contribution in [2.75, 3.05) is 19.6 Å². The molecule has 0 spiro atoms. The highest BCUT2D eigenvalue weighted by Crippen LogP contribution is 2.17. The van der Waals surface area contributed by atoms with E-state index in [1.807, 2.05) is 25.1 Å². The molecule has 1 fully saturated rings. The number of fused-ring (bicyclic) bond motifs is 1. The van der Waals surface area contributed by atoms with E-state index in [-0.39, 0.29) is 23.9 Å². The fraction of sp³-hybridized carbons (Fsp3) is 0.591. The summed E-state index contributed by atoms with van der Waals surface area (Å²) >= 11 is 0. The van der Waals surface area contributed by atoms with Gasteiger partial charge in [0.2, 0.25) is 5.91 Å². The van der Waals surface area contributed by atoms with Crippen LogP contribution in [0.2, 0.25) is 0 Å². The Morgan fingerprint density at radius 2 is 1.89 bits per heavy atom. The summed E-state index contributed by atoms with van der Waals surface area (Å²) in [4.78, 5) is 27.7. The van der Waals surface area contributed by atoms with Crippen molar-refractivity contribution in [3.05, 3.63) is 40.3 Å². The molecule has 1 aliphatic heterocycles. The second-order valence-corrected chi connectivity index (χ2v) is 7.95. The van der Waals surface area contributed by atoms with E-state index in [1.54, 1.807) is 6.07 Å². The highest BCUT2D eigenvalue weighted by atomic mass is 16.2. The molecule has 1 amide bonds. The van der Waals surface area contributed by atoms with E-state index >= 15 is 0 Å². The SMILES string of the molecule is CCC(CN1CCC(C)CC1)NC(=O)Cc1nn(CC)c(=O)c2ccccc12. The van der Waals surface area contributed by atoms with Gasteiger partial charge >= 0.3 is 0 Å². The number of rotatable bonds is 7. The van der Waals surface area contributed by atoms with Crippen molar-refractivity contribution in [1.29, 1.82) is 0 Å². The number of aromatic nitrogens is 2. The molecule has 0 radical (unpaired) electrons. The van der Waals surface area contributed by atoms with E-state index in [0.29, 0.717) is 17.6 Å². The number of likely N-dealkylation sites (tertiary alicyclic amines) is 1. The summed E-state index contributed by atoms with van der Waals surface area (Å²) in [7, 11) is 0. The number of piperidine rings is 1. The van der Waals surface area contributed by atoms with E-state index in [1.165, 1.54) is 17.5 Å². The molecule has 0 aliphatic carbocycles. The van der Waals surface area contributed by atoms with Crippen LogP contribution in [0.4, 0.5) is 0 Å². The first-order valence-corrected chi connectivity index (χ1v) is 10.5. The zero-order valence-electron chi connectivity index (χ0n) is 17.3. The minimum atomic E-state index is -0.104. The van der Waals surface area contributed by atoms with Gasteiger partial charge in [-0.05, 0) is 51.3 Å². The van der Waals surface area contributed by atoms with E-state index in [4.69, 9.17) is 0 Å². The zero-order valence-corrected chi connectivity index (χ0v) is 17.3. The molecule has 2 heterocycles. The van der Waals surface area contributed by atoms with Gasteiger partial charge in [0.1, 0.15) is 0 Å². The first-order chi connectivity index (χ1) is 13.5. The van der Waals surface area contributed by atoms with Crippen LogP contribution >= 0.6 is 0 Å². The number of carbonyl (C=O) groups is 1. The molecule has 2 aromatic rings. The molecule has 28 heavy (non-hydrogen) atoms. The van der Waals surface area contributed by atoms with Crippen LogP contribution in [-0.2, 0) is 17.8 Å². The minimum absolute atomic E-state index is 0.0313. The van der Waals surface area contributed by atoms with Gasteiger partial charge in [0.05, 0.1) is 17.5 Å². The molecule has 1 atom stereocenters. The zero-order chi connectivity index (χ0) is 20.1. The predicted octanol–water partition coefficient (Wildman–Crippen LogP) is 2.59. The van der Waals surface area contributed by atoms with Gasteiger partial charge in [0.15, 0.2) is 0 Å². The lowest BCUT2D eigenvalue weighted by Crippen LogP contribution is -2.46. The number of aryl methyl sites for hydroxylation is 1. The maximum atomic E-state index is 12.7. The highest BCUT2D eigenvalue weighted by molar-refractivity contribution is 5.88. The standard InChI is InChI=1S/C22H32N4O2/c1-4-17(15-25-12-10-16(3)11-13-25)23-21(27)14-20-18-8-6-7-9-19(18)22(28)26(5-2)24-20/h6-9,16-17H,4-5,10-15H2,1-3H3,(H,23,27). The van der Waals surface area contributed by atoms with Crippen LogP contribution in [0.15, 0.2) is 29.1 Å². The Bertz CT molecular complexity index is 868. The van der Waals surface area contributed by atoms with Crippen molar-refractivity contribution in [2.45, 2.75) is 59.0 Å². The third-order valence-electron chi connectivity index (χ3n) is 5.78. The maximum absolute atomic E-state index is 12.7. The summed E-state index contributed by atoms with van der Waals surface area (Å²) in [6, 6.07) is 7.55. The largest absolute Gasteiger partial charge is 0.352 e. The van der Waals surface area contributed by atoms with Crippen LogP contribution in [0.5, 0.6) is 0 Å². The molecule has 1 aromatic heterocycles. The van der Waals surface area contributed by atoms with Crippen LogP contribution in [-0.4, -0.2) is 46.3 Å². The quantitative estimate of drug-likeness (QED) is 0.797. The van der Waals surface area contributed by atoms with Gasteiger partial charge in [0.25, 0.3) is 5.56 Å². The van der Waals surface area contributed by atoms with E-state index in [9.17, 15) is 9.59 Å². The Morgan fingerprint density at radius 3 is 2.54 bits per heavy atom. The number of nitrogens with one attached hydrogen (secondary N) is 1. The second kappa shape index (κ2) is 9.32. The van der Waals surface area contributed by atoms with Crippen LogP contribution < -0.4 is 10.9 Å². The maximum Gasteiger partial charge on any atom is 0.274 e. The van der Waals surface area contributed by atoms with Crippen LogP contribution in [0, 0.1) is 5.92 Å². The molecule has 1 unspecified atom stereocenters. The molecular formula is C22H32N4O2. The fourth-order valence-electron chi connectivity index (χ4n) is 3.91. The van der Waals surface area contributed by atoms with Gasteiger partial charge in [0, 0.05) is 24.5 Å². The fourth-order valence-corrected chi connectivity index (χ4v) is 3.91. The van der Waals surface area contributed by atoms with Crippen molar-refractivity contribution >= 4 is 16.7 Å². The third kappa shape index (κ3) is 4.79. The van der Waals surface area contributed by atoms with E-state index in [2.05, 4.69) is 29.2 Å². The molecule has 1 aromatic carbocycles. The van der Waals surface area contributed by atoms with E-state index < -0.39 is 0 Å². The van der Waals surface area contributed by atoms with Gasteiger partial charge in [-0.1, -0.05) is 32.0 Å². The smallest absolute Gasteiger partial charge is 0.274 e. The van der Waals surface area contributed by atoms with Gasteiger partial charge in [-0.15, -0.1) is 0 Å². The van der Waals surface area contributed by atoms with Gasteiger partial charge in [-0.25, -0.2) is 4.68 Å². The van der Waals surface area contributed by atoms with Crippen molar-refractivity contribution < 1.29 is 4.79 Å². The van der Waals surface area contributed by atoms with Crippen molar-refractivity contribution in [3.63, 3.8) is 0 Å². The van der Waals surface area contributed by atoms with Crippen LogP contribution in [0.1, 0.15) is 45.7 Å². The lowest BCUT2D eigenvalue weighted by Gasteiger charge is -2.33. The Labute approximate surface area is 166 Å². The van der Waals surface area contributed by atoms with Gasteiger partial charge in [-0.2, -0.15) is 5.10 Å². The number of carbonyl (C=O) groups excluding carboxylic acids is 1. The second-order valence-electron chi connectivity index (χ2n) is 7.95. The van der Waals surface area contributed by atoms with Gasteiger partial charge < -0.3 is 10.2 Å². The number of nitrogens with zero attached hydrogens (tertiary/aromatic N) is 3. The Balaban J connectivity index is 1.70. The first-order valence-electron chi connectivity index (χ1n) is 10.5. The average Bonchev–Trinajstić information content (AvgIpc) is 2.71. The molecule has 1 saturated heterocycles. The normalized spacial score (nSPS) is 17.0. The van der Waals surface area contributed by atoms with Gasteiger partial charge in [-0.3, -0.25) is 9.59 Å². The van der Waals surface area contributed by atoms with E-state index in [0.717, 1.165) is 37.4 Å². The number of hydrogen-bond acceptors (Lipinski definition) is 4. The molecule has 3 rings (SSSR count). The monoisotopic (exact) mass is 384 g/mol. The van der Waals surface area contributed by atoms with Crippen molar-refractivity contribution in [2.24, 2.45) is 5.92 Å². The molecule has 0 saturated carbocycles. The lowest BCUT2D eigenvalue weighted by molar-refractivity contribution is -0.121. The molecular weight excluding hydrogens is 352 g/mol. The Morgan fingerprint density at radius 1 is 1.21 bits per heavy atom. The molecule has 1 N–H and O–H groups in total. The Hall–Kier alpha value is -2.21. The van der Waals surface area contributed by atoms with Crippen LogP contribution in [0.25, 0.3) is 10.8 Å². The summed E-state index contributed by atoms with van der Waals surface area (Å²) in [5.41, 5.74) is 0.559. The number of benzene rings is 1. The van der Waals surface area contributed by atoms with Crippen molar-refractivity contribution in [1.82, 2.24) is 20.0 Å². The average molecular weight is 385 g/mol. The molecule has 0 bridgehead atoms. The van der Waals surface area contributed by atoms with Crippen molar-refractivity contribution in [3.8, 4) is 0 Å². The number of hydrogen-bond donors (Lipinski definition) is 1.